The summed E-state index contributed by atoms with van der Waals surface area (Å²) in [5.74, 6) is -0.294. The minimum absolute atomic E-state index is 0.166. The van der Waals surface area contributed by atoms with E-state index in [-0.39, 0.29) is 18.9 Å². The number of likely N-dealkylation sites (N-methyl/N-ethyl adjacent to an activating group) is 1. The second-order valence-corrected chi connectivity index (χ2v) is 6.73. The van der Waals surface area contributed by atoms with Crippen molar-refractivity contribution >= 4 is 39.2 Å². The molecule has 0 fully saturated rings. The lowest BCUT2D eigenvalue weighted by Gasteiger charge is -2.32. The molecule has 2 N–H and O–H groups in total. The number of thiazole rings is 1. The molecule has 1 unspecified atom stereocenters. The van der Waals surface area contributed by atoms with Gasteiger partial charge < -0.3 is 5.32 Å². The first-order valence-electron chi connectivity index (χ1n) is 6.06. The first-order chi connectivity index (χ1) is 10.2. The molecule has 0 saturated heterocycles. The van der Waals surface area contributed by atoms with Crippen molar-refractivity contribution in [2.24, 2.45) is 0 Å². The van der Waals surface area contributed by atoms with E-state index in [0.717, 1.165) is 11.3 Å². The number of aromatic nitrogens is 1. The van der Waals surface area contributed by atoms with Gasteiger partial charge in [0.2, 0.25) is 12.3 Å². The maximum absolute atomic E-state index is 11.1. The van der Waals surface area contributed by atoms with Crippen LogP contribution < -0.4 is 5.32 Å². The molecule has 0 spiro atoms. The average Bonchev–Trinajstić information content (AvgIpc) is 2.74. The third-order valence-electron chi connectivity index (χ3n) is 2.81. The van der Waals surface area contributed by atoms with Crippen LogP contribution in [0, 0.1) is 0 Å². The van der Waals surface area contributed by atoms with Gasteiger partial charge in [0.15, 0.2) is 5.13 Å². The van der Waals surface area contributed by atoms with Crippen molar-refractivity contribution in [3.8, 4) is 0 Å². The molecule has 0 aliphatic carbocycles. The molecular formula is C10H14N4O6S2. The number of carbonyl (C=O) groups excluding carboxylic acids is 2. The first-order valence-corrected chi connectivity index (χ1v) is 8.24. The number of rotatable bonds is 5. The summed E-state index contributed by atoms with van der Waals surface area (Å²) in [6.45, 7) is 2.09. The zero-order chi connectivity index (χ0) is 16.5. The summed E-state index contributed by atoms with van der Waals surface area (Å²) < 4.78 is 34.7. The summed E-state index contributed by atoms with van der Waals surface area (Å²) in [6.07, 6.45) is 0.166. The van der Waals surface area contributed by atoms with E-state index in [1.165, 1.54) is 6.92 Å². The number of hydrogen-bond acceptors (Lipinski definition) is 8. The van der Waals surface area contributed by atoms with E-state index in [0.29, 0.717) is 27.3 Å². The van der Waals surface area contributed by atoms with Gasteiger partial charge in [-0.1, -0.05) is 11.3 Å². The highest BCUT2D eigenvalue weighted by molar-refractivity contribution is 7.80. The number of anilines is 1. The fraction of sp³-hybridized carbons (Fsp3) is 0.500. The minimum Gasteiger partial charge on any atom is -0.302 e. The van der Waals surface area contributed by atoms with E-state index >= 15 is 0 Å². The third-order valence-corrected chi connectivity index (χ3v) is 4.28. The summed E-state index contributed by atoms with van der Waals surface area (Å²) >= 11 is 1.12. The van der Waals surface area contributed by atoms with Gasteiger partial charge in [0.25, 0.3) is 0 Å². The van der Waals surface area contributed by atoms with Crippen LogP contribution in [0.4, 0.5) is 5.13 Å². The number of carbonyl (C=O) groups is 2. The maximum atomic E-state index is 11.1. The zero-order valence-electron chi connectivity index (χ0n) is 11.7. The van der Waals surface area contributed by atoms with E-state index in [1.807, 2.05) is 0 Å². The van der Waals surface area contributed by atoms with Crippen LogP contribution in [-0.2, 0) is 30.8 Å². The molecular weight excluding hydrogens is 336 g/mol. The lowest BCUT2D eigenvalue weighted by molar-refractivity contribution is -0.153. The lowest BCUT2D eigenvalue weighted by atomic mass is 10.1. The molecule has 2 rings (SSSR count). The molecule has 122 valence electrons. The summed E-state index contributed by atoms with van der Waals surface area (Å²) in [7, 11) is -3.07. The van der Waals surface area contributed by atoms with Gasteiger partial charge in [0.1, 0.15) is 6.04 Å². The molecule has 0 saturated carbocycles. The molecule has 1 atom stereocenters. The van der Waals surface area contributed by atoms with Gasteiger partial charge in [-0.3, -0.25) is 19.0 Å². The highest BCUT2D eigenvalue weighted by atomic mass is 32.3. The second kappa shape index (κ2) is 6.26. The quantitative estimate of drug-likeness (QED) is 0.424. The van der Waals surface area contributed by atoms with Crippen molar-refractivity contribution in [1.29, 1.82) is 0 Å². The number of fused-ring (bicyclic) bond motifs is 1. The molecule has 1 aromatic heterocycles. The lowest BCUT2D eigenvalue weighted by Crippen LogP contribution is -2.40. The smallest absolute Gasteiger partial charge is 0.302 e. The minimum atomic E-state index is -4.83. The predicted molar refractivity (Wildman–Crippen MR) is 76.0 cm³/mol. The monoisotopic (exact) mass is 350 g/mol. The van der Waals surface area contributed by atoms with Crippen LogP contribution in [-0.4, -0.2) is 53.8 Å². The van der Waals surface area contributed by atoms with E-state index in [9.17, 15) is 18.0 Å². The molecule has 2 amide bonds. The largest absolute Gasteiger partial charge is 0.418 e. The van der Waals surface area contributed by atoms with E-state index in [4.69, 9.17) is 4.55 Å². The predicted octanol–water partition coefficient (Wildman–Crippen LogP) is -0.219. The van der Waals surface area contributed by atoms with Crippen LogP contribution in [0.1, 0.15) is 23.5 Å². The van der Waals surface area contributed by atoms with Crippen molar-refractivity contribution in [3.63, 3.8) is 0 Å². The second-order valence-electron chi connectivity index (χ2n) is 4.69. The summed E-state index contributed by atoms with van der Waals surface area (Å²) in [4.78, 5) is 28.8. The Hall–Kier alpha value is -1.60. The summed E-state index contributed by atoms with van der Waals surface area (Å²) in [5, 5.41) is 3.39. The fourth-order valence-corrected chi connectivity index (χ4v) is 3.55. The van der Waals surface area contributed by atoms with Crippen LogP contribution in [0.2, 0.25) is 0 Å². The number of nitrogens with zero attached hydrogens (tertiary/aromatic N) is 3. The van der Waals surface area contributed by atoms with Crippen LogP contribution in [0.5, 0.6) is 0 Å². The summed E-state index contributed by atoms with van der Waals surface area (Å²) in [5.41, 5.74) is 0.596. The highest BCUT2D eigenvalue weighted by Crippen LogP contribution is 2.36. The molecule has 0 bridgehead atoms. The third kappa shape index (κ3) is 3.98. The summed E-state index contributed by atoms with van der Waals surface area (Å²) in [6, 6.07) is -0.770. The topological polar surface area (TPSA) is 129 Å². The van der Waals surface area contributed by atoms with Crippen molar-refractivity contribution in [2.45, 2.75) is 19.5 Å². The maximum Gasteiger partial charge on any atom is 0.418 e. The van der Waals surface area contributed by atoms with E-state index < -0.39 is 16.4 Å². The van der Waals surface area contributed by atoms with Gasteiger partial charge in [-0.05, 0) is 7.05 Å². The average molecular weight is 350 g/mol. The van der Waals surface area contributed by atoms with Crippen LogP contribution in [0.25, 0.3) is 0 Å². The van der Waals surface area contributed by atoms with E-state index in [2.05, 4.69) is 14.6 Å². The molecule has 22 heavy (non-hydrogen) atoms. The van der Waals surface area contributed by atoms with Gasteiger partial charge in [0.05, 0.1) is 10.6 Å². The van der Waals surface area contributed by atoms with Crippen LogP contribution >= 0.6 is 11.3 Å². The molecule has 12 heteroatoms. The standard InChI is InChI=1S/C10H14N4O6S2/c1-6(16)11-10-12-7-3-13(2)4-8(9(7)21-10)14(5-15)20-22(17,18)19/h5,8H,3-4H2,1-2H3,(H,11,12,16)(H,17,18,19). The Balaban J connectivity index is 2.35. The van der Waals surface area contributed by atoms with Crippen molar-refractivity contribution in [2.75, 3.05) is 18.9 Å². The fourth-order valence-electron chi connectivity index (χ4n) is 2.09. The Kier molecular flexibility index (Phi) is 4.77. The van der Waals surface area contributed by atoms with Gasteiger partial charge in [-0.15, -0.1) is 4.28 Å². The number of hydrogen-bond donors (Lipinski definition) is 2. The van der Waals surface area contributed by atoms with Crippen LogP contribution in [0.3, 0.4) is 0 Å². The SMILES string of the molecule is CC(=O)Nc1nc2c(s1)C(N(C=O)OS(=O)(=O)O)CN(C)C2. The molecule has 2 heterocycles. The Labute approximate surface area is 130 Å². The Morgan fingerprint density at radius 2 is 2.32 bits per heavy atom. The van der Waals surface area contributed by atoms with Crippen LogP contribution in [0.15, 0.2) is 0 Å². The first kappa shape index (κ1) is 16.8. The highest BCUT2D eigenvalue weighted by Gasteiger charge is 2.34. The Bertz CT molecular complexity index is 688. The number of hydroxylamine groups is 2. The van der Waals surface area contributed by atoms with Gasteiger partial charge in [-0.25, -0.2) is 4.98 Å². The number of amides is 2. The molecule has 0 radical (unpaired) electrons. The van der Waals surface area contributed by atoms with Crippen molar-refractivity contribution in [3.05, 3.63) is 10.6 Å². The van der Waals surface area contributed by atoms with E-state index in [1.54, 1.807) is 11.9 Å². The normalized spacial score (nSPS) is 18.6. The zero-order valence-corrected chi connectivity index (χ0v) is 13.3. The molecule has 10 nitrogen and oxygen atoms in total. The Morgan fingerprint density at radius 1 is 1.64 bits per heavy atom. The van der Waals surface area contributed by atoms with Crippen molar-refractivity contribution < 1.29 is 26.8 Å². The molecule has 1 aromatic rings. The molecule has 1 aliphatic heterocycles. The Morgan fingerprint density at radius 3 is 2.86 bits per heavy atom. The van der Waals surface area contributed by atoms with Gasteiger partial charge in [-0.2, -0.15) is 13.5 Å². The van der Waals surface area contributed by atoms with Gasteiger partial charge >= 0.3 is 10.4 Å². The molecule has 1 aliphatic rings. The van der Waals surface area contributed by atoms with Crippen molar-refractivity contribution in [1.82, 2.24) is 14.9 Å². The van der Waals surface area contributed by atoms with Gasteiger partial charge in [0, 0.05) is 20.0 Å². The number of nitrogens with one attached hydrogen (secondary N) is 1. The molecule has 0 aromatic carbocycles.